The molecule has 0 N–H and O–H groups in total. The van der Waals surface area contributed by atoms with Crippen LogP contribution in [0.4, 0.5) is 0 Å². The minimum atomic E-state index is -1.65. The van der Waals surface area contributed by atoms with Gasteiger partial charge in [0.2, 0.25) is 0 Å². The van der Waals surface area contributed by atoms with Crippen molar-refractivity contribution in [3.8, 4) is 0 Å². The van der Waals surface area contributed by atoms with Crippen molar-refractivity contribution < 1.29 is 38.9 Å². The van der Waals surface area contributed by atoms with Crippen molar-refractivity contribution in [2.24, 2.45) is 0 Å². The molecule has 35 heavy (non-hydrogen) atoms. The number of hydrogen-bond acceptors (Lipinski definition) is 0. The van der Waals surface area contributed by atoms with Gasteiger partial charge in [-0.05, 0) is 48.5 Å². The first kappa shape index (κ1) is 35.0. The molecule has 0 nitrogen and oxygen atoms in total. The zero-order valence-electron chi connectivity index (χ0n) is 19.6. The molecule has 0 bridgehead atoms. The molecule has 0 spiro atoms. The van der Waals surface area contributed by atoms with E-state index in [1.54, 1.807) is 20.0 Å². The van der Waals surface area contributed by atoms with Gasteiger partial charge < -0.3 is 7.43 Å². The van der Waals surface area contributed by atoms with E-state index >= 15 is 0 Å². The third-order valence-electron chi connectivity index (χ3n) is 5.00. The Kier molecular flexibility index (Phi) is 19.1. The Morgan fingerprint density at radius 2 is 0.571 bits per heavy atom. The molecular formula is C29H31Au2BrClP2-3. The molecule has 0 aromatic heterocycles. The summed E-state index contributed by atoms with van der Waals surface area (Å²) < 4.78 is 0. The van der Waals surface area contributed by atoms with Crippen molar-refractivity contribution >= 4 is 58.0 Å². The van der Waals surface area contributed by atoms with Crippen LogP contribution in [0.2, 0.25) is 0 Å². The zero-order chi connectivity index (χ0) is 25.5. The predicted octanol–water partition coefficient (Wildman–Crippen LogP) is 8.46. The molecule has 0 atom stereocenters. The Morgan fingerprint density at radius 1 is 0.429 bits per heavy atom. The van der Waals surface area contributed by atoms with Gasteiger partial charge in [0, 0.05) is 21.2 Å². The summed E-state index contributed by atoms with van der Waals surface area (Å²) in [7, 11) is 1.29. The van der Waals surface area contributed by atoms with Gasteiger partial charge in [0.15, 0.2) is 0 Å². The van der Waals surface area contributed by atoms with Crippen LogP contribution in [0.1, 0.15) is 0 Å². The summed E-state index contributed by atoms with van der Waals surface area (Å²) in [6.45, 7) is 17.2. The molecule has 0 unspecified atom stereocenters. The summed E-state index contributed by atoms with van der Waals surface area (Å²) in [6, 6.07) is 41.3. The van der Waals surface area contributed by atoms with Crippen molar-refractivity contribution in [2.75, 3.05) is 0 Å². The Bertz CT molecular complexity index is 863. The van der Waals surface area contributed by atoms with Crippen LogP contribution in [0.5, 0.6) is 0 Å². The molecule has 4 aromatic carbocycles. The van der Waals surface area contributed by atoms with Crippen molar-refractivity contribution in [1.82, 2.24) is 0 Å². The van der Waals surface area contributed by atoms with Gasteiger partial charge in [0.25, 0.3) is 0 Å². The quantitative estimate of drug-likeness (QED) is 0.110. The number of hydrogen-bond donors (Lipinski definition) is 0. The Morgan fingerprint density at radius 3 is 0.714 bits per heavy atom. The van der Waals surface area contributed by atoms with Crippen LogP contribution in [-0.4, -0.2) is 0 Å². The molecule has 0 fully saturated rings. The third-order valence-corrected chi connectivity index (χ3v) is 10.1. The maximum absolute atomic E-state index is 4.58. The first-order chi connectivity index (χ1) is 16.4. The summed E-state index contributed by atoms with van der Waals surface area (Å²) in [5.41, 5.74) is 0. The molecule has 6 heteroatoms. The molecule has 4 rings (SSSR count). The molecule has 0 saturated carbocycles. The summed E-state index contributed by atoms with van der Waals surface area (Å²) in [5, 5.41) is 4.99. The van der Waals surface area contributed by atoms with E-state index in [1.165, 1.54) is 21.2 Å². The standard InChI is InChI=1S/2C14H14P.CH3.2Au.BrH.ClH/c2*1-15(2,13-9-5-3-6-10-13)14-11-7-4-8-12-14;;;;;/h2*3-12H,1-2H2;1H3;;;2*1H/q3*-1;2*+1;;/p-2. The van der Waals surface area contributed by atoms with Gasteiger partial charge in [-0.1, -0.05) is 72.8 Å². The first-order valence-corrected chi connectivity index (χ1v) is 21.8. The molecule has 0 amide bonds. The molecule has 0 aliphatic rings. The van der Waals surface area contributed by atoms with Gasteiger partial charge in [0.1, 0.15) is 0 Å². The zero-order valence-corrected chi connectivity index (χ0v) is 28.1. The van der Waals surface area contributed by atoms with E-state index in [9.17, 15) is 0 Å². The van der Waals surface area contributed by atoms with E-state index in [0.29, 0.717) is 0 Å². The molecule has 0 heterocycles. The fourth-order valence-corrected chi connectivity index (χ4v) is 6.72. The predicted molar refractivity (Wildman–Crippen MR) is 161 cm³/mol. The summed E-state index contributed by atoms with van der Waals surface area (Å²) in [6.07, 6.45) is 0. The SMILES string of the molecule is [Br][Au].[CH2-][P+]([CH2-])(c1ccccc1)c1ccccc1.[CH2-][P+]([CH2-])(c1ccccc1)c1ccccc1.[CH3-].[Cl][Au]. The van der Waals surface area contributed by atoms with E-state index in [4.69, 9.17) is 0 Å². The van der Waals surface area contributed by atoms with Crippen molar-refractivity contribution in [3.05, 3.63) is 155 Å². The summed E-state index contributed by atoms with van der Waals surface area (Å²) >= 11 is 6.72. The van der Waals surface area contributed by atoms with Gasteiger partial charge in [-0.15, -0.1) is 0 Å². The first-order valence-electron chi connectivity index (χ1n) is 10.0. The van der Waals surface area contributed by atoms with E-state index in [-0.39, 0.29) is 7.43 Å². The van der Waals surface area contributed by atoms with Crippen molar-refractivity contribution in [1.29, 1.82) is 0 Å². The Balaban J connectivity index is 0.000000565. The fraction of sp³-hybridized carbons (Fsp3) is 0. The van der Waals surface area contributed by atoms with Gasteiger partial charge in [-0.25, -0.2) is 0 Å². The summed E-state index contributed by atoms with van der Waals surface area (Å²) in [4.78, 5) is 0. The van der Waals surface area contributed by atoms with E-state index in [0.717, 1.165) is 0 Å². The third kappa shape index (κ3) is 11.1. The number of halogens is 2. The van der Waals surface area contributed by atoms with E-state index < -0.39 is 14.5 Å². The second-order valence-electron chi connectivity index (χ2n) is 7.28. The van der Waals surface area contributed by atoms with Crippen LogP contribution >= 0.6 is 36.7 Å². The molecule has 4 aromatic rings. The fourth-order valence-electron chi connectivity index (χ4n) is 3.15. The Labute approximate surface area is 250 Å². The maximum atomic E-state index is 4.58. The molecule has 196 valence electrons. The van der Waals surface area contributed by atoms with Gasteiger partial charge in [0.05, 0.1) is 0 Å². The number of benzene rings is 4. The van der Waals surface area contributed by atoms with Crippen molar-refractivity contribution in [2.45, 2.75) is 0 Å². The Hall–Kier alpha value is -0.00948. The van der Waals surface area contributed by atoms with Gasteiger partial charge in [-0.3, -0.25) is 0 Å². The minimum absolute atomic E-state index is 0. The van der Waals surface area contributed by atoms with E-state index in [2.05, 4.69) is 116 Å². The normalized spacial score (nSPS) is 10.1. The average Bonchev–Trinajstić information content (AvgIpc) is 2.93. The topological polar surface area (TPSA) is 0 Å². The summed E-state index contributed by atoms with van der Waals surface area (Å²) in [5.74, 6) is 0. The van der Waals surface area contributed by atoms with Crippen LogP contribution in [0, 0.1) is 34.1 Å². The van der Waals surface area contributed by atoms with Crippen LogP contribution in [0.3, 0.4) is 0 Å². The van der Waals surface area contributed by atoms with Gasteiger partial charge >= 0.3 is 61.1 Å². The van der Waals surface area contributed by atoms with Crippen LogP contribution < -0.4 is 21.2 Å². The van der Waals surface area contributed by atoms with Crippen molar-refractivity contribution in [3.63, 3.8) is 0 Å². The second-order valence-corrected chi connectivity index (χ2v) is 13.2. The molecule has 0 aliphatic heterocycles. The van der Waals surface area contributed by atoms with E-state index in [1.807, 2.05) is 72.8 Å². The molecular weight excluding hydrogens is 920 g/mol. The molecule has 0 radical (unpaired) electrons. The molecule has 0 aliphatic carbocycles. The monoisotopic (exact) mass is 949 g/mol. The van der Waals surface area contributed by atoms with Crippen LogP contribution in [0.25, 0.3) is 0 Å². The number of rotatable bonds is 4. The van der Waals surface area contributed by atoms with Crippen LogP contribution in [-0.2, 0) is 38.9 Å². The molecule has 0 saturated heterocycles. The second kappa shape index (κ2) is 19.1. The van der Waals surface area contributed by atoms with Crippen LogP contribution in [0.15, 0.2) is 121 Å². The van der Waals surface area contributed by atoms with Gasteiger partial charge in [-0.2, -0.15) is 41.2 Å². The average molecular weight is 951 g/mol.